The largest absolute Gasteiger partial charge is 0.337 e. The van der Waals surface area contributed by atoms with E-state index in [0.717, 1.165) is 0 Å². The normalized spacial score (nSPS) is 13.0. The fourth-order valence-corrected chi connectivity index (χ4v) is 0.917. The topological polar surface area (TPSA) is 58.7 Å². The molecule has 0 aliphatic heterocycles. The van der Waals surface area contributed by atoms with Gasteiger partial charge in [0, 0.05) is 13.1 Å². The van der Waals surface area contributed by atoms with Crippen molar-refractivity contribution in [3.05, 3.63) is 25.3 Å². The summed E-state index contributed by atoms with van der Waals surface area (Å²) in [7, 11) is -1.83. The van der Waals surface area contributed by atoms with Crippen LogP contribution < -0.4 is 5.50 Å². The Kier molecular flexibility index (Phi) is 6.31. The Morgan fingerprint density at radius 3 is 2.18 bits per heavy atom. The first-order valence-corrected chi connectivity index (χ1v) is 4.37. The zero-order valence-electron chi connectivity index (χ0n) is 6.31. The van der Waals surface area contributed by atoms with Crippen molar-refractivity contribution in [3.63, 3.8) is 0 Å². The van der Waals surface area contributed by atoms with E-state index in [1.54, 1.807) is 12.2 Å². The molecular formula is C6H13N2O2P. The van der Waals surface area contributed by atoms with Gasteiger partial charge in [-0.15, -0.1) is 13.2 Å². The lowest BCUT2D eigenvalue weighted by molar-refractivity contribution is -0.0337. The maximum atomic E-state index is 8.69. The van der Waals surface area contributed by atoms with E-state index in [1.165, 1.54) is 5.06 Å². The lowest BCUT2D eigenvalue weighted by Gasteiger charge is -2.18. The van der Waals surface area contributed by atoms with Crippen molar-refractivity contribution in [2.75, 3.05) is 13.1 Å². The molecule has 0 spiro atoms. The summed E-state index contributed by atoms with van der Waals surface area (Å²) >= 11 is 0. The van der Waals surface area contributed by atoms with Crippen LogP contribution in [0.5, 0.6) is 0 Å². The predicted octanol–water partition coefficient (Wildman–Crippen LogP) is 0.770. The molecule has 11 heavy (non-hydrogen) atoms. The molecule has 4 nitrogen and oxygen atoms in total. The Morgan fingerprint density at radius 1 is 1.45 bits per heavy atom. The zero-order valence-corrected chi connectivity index (χ0v) is 7.20. The van der Waals surface area contributed by atoms with Gasteiger partial charge in [-0.25, -0.2) is 4.62 Å². The number of hydrogen-bond donors (Lipinski definition) is 2. The molecule has 64 valence electrons. The lowest BCUT2D eigenvalue weighted by Crippen LogP contribution is -2.23. The molecule has 0 radical (unpaired) electrons. The van der Waals surface area contributed by atoms with Crippen molar-refractivity contribution in [1.82, 2.24) is 5.06 Å². The first-order chi connectivity index (χ1) is 5.20. The number of rotatable bonds is 6. The minimum atomic E-state index is -1.83. The maximum absolute atomic E-state index is 8.69. The smallest absolute Gasteiger partial charge is 0.268 e. The van der Waals surface area contributed by atoms with E-state index in [1.807, 2.05) is 0 Å². The summed E-state index contributed by atoms with van der Waals surface area (Å²) in [5.41, 5.74) is 5.04. The highest BCUT2D eigenvalue weighted by Crippen LogP contribution is 2.21. The van der Waals surface area contributed by atoms with Crippen LogP contribution in [0.1, 0.15) is 0 Å². The number of nitrogens with zero attached hydrogens (tertiary/aromatic N) is 1. The highest BCUT2D eigenvalue weighted by molar-refractivity contribution is 7.43. The first-order valence-electron chi connectivity index (χ1n) is 3.09. The average Bonchev–Trinajstić information content (AvgIpc) is 1.87. The van der Waals surface area contributed by atoms with Crippen LogP contribution in [-0.4, -0.2) is 23.0 Å². The van der Waals surface area contributed by atoms with E-state index < -0.39 is 8.53 Å². The summed E-state index contributed by atoms with van der Waals surface area (Å²) in [4.78, 5) is 8.69. The quantitative estimate of drug-likeness (QED) is 0.356. The molecule has 0 heterocycles. The van der Waals surface area contributed by atoms with Crippen LogP contribution >= 0.6 is 8.53 Å². The third kappa shape index (κ3) is 6.16. The average molecular weight is 176 g/mol. The molecule has 0 bridgehead atoms. The van der Waals surface area contributed by atoms with Crippen LogP contribution in [0, 0.1) is 0 Å². The number of hydroxylamine groups is 2. The fourth-order valence-electron chi connectivity index (χ4n) is 0.547. The molecule has 5 heteroatoms. The number of hydrogen-bond acceptors (Lipinski definition) is 4. The molecule has 1 atom stereocenters. The summed E-state index contributed by atoms with van der Waals surface area (Å²) in [5, 5.41) is 1.48. The summed E-state index contributed by atoms with van der Waals surface area (Å²) < 4.78 is 4.82. The second-order valence-electron chi connectivity index (χ2n) is 1.81. The van der Waals surface area contributed by atoms with Gasteiger partial charge in [0.2, 0.25) is 0 Å². The Hall–Kier alpha value is -0.250. The Balaban J connectivity index is 3.67. The van der Waals surface area contributed by atoms with E-state index in [9.17, 15) is 0 Å². The van der Waals surface area contributed by atoms with Crippen LogP contribution in [0.4, 0.5) is 0 Å². The molecule has 0 aromatic heterocycles. The third-order valence-electron chi connectivity index (χ3n) is 0.865. The summed E-state index contributed by atoms with van der Waals surface area (Å²) in [6.45, 7) is 8.07. The molecule has 0 rings (SSSR count). The molecule has 0 aliphatic carbocycles. The molecule has 0 saturated carbocycles. The van der Waals surface area contributed by atoms with Gasteiger partial charge in [0.15, 0.2) is 0 Å². The molecule has 0 saturated heterocycles. The van der Waals surface area contributed by atoms with Crippen molar-refractivity contribution in [2.24, 2.45) is 5.50 Å². The molecule has 3 N–H and O–H groups in total. The van der Waals surface area contributed by atoms with E-state index in [2.05, 4.69) is 13.2 Å². The molecule has 0 fully saturated rings. The minimum absolute atomic E-state index is 0.516. The summed E-state index contributed by atoms with van der Waals surface area (Å²) in [6, 6.07) is 0. The van der Waals surface area contributed by atoms with Crippen LogP contribution in [-0.2, 0) is 4.62 Å². The third-order valence-corrected chi connectivity index (χ3v) is 1.26. The van der Waals surface area contributed by atoms with Gasteiger partial charge in [-0.2, -0.15) is 5.06 Å². The highest BCUT2D eigenvalue weighted by atomic mass is 31.2. The van der Waals surface area contributed by atoms with Gasteiger partial charge in [0.05, 0.1) is 0 Å². The second-order valence-corrected chi connectivity index (χ2v) is 2.58. The van der Waals surface area contributed by atoms with Gasteiger partial charge >= 0.3 is 0 Å². The van der Waals surface area contributed by atoms with Crippen LogP contribution in [0.3, 0.4) is 0 Å². The van der Waals surface area contributed by atoms with Crippen molar-refractivity contribution in [1.29, 1.82) is 0 Å². The Bertz CT molecular complexity index is 120. The molecule has 0 amide bonds. The van der Waals surface area contributed by atoms with Crippen LogP contribution in [0.2, 0.25) is 0 Å². The van der Waals surface area contributed by atoms with Crippen molar-refractivity contribution in [2.45, 2.75) is 0 Å². The minimum Gasteiger partial charge on any atom is -0.337 e. The highest BCUT2D eigenvalue weighted by Gasteiger charge is 2.04. The maximum Gasteiger partial charge on any atom is 0.268 e. The van der Waals surface area contributed by atoms with Gasteiger partial charge in [-0.1, -0.05) is 12.2 Å². The molecule has 0 aromatic rings. The van der Waals surface area contributed by atoms with Gasteiger partial charge in [0.1, 0.15) is 0 Å². The van der Waals surface area contributed by atoms with Gasteiger partial charge in [-0.3, -0.25) is 5.50 Å². The van der Waals surface area contributed by atoms with E-state index >= 15 is 0 Å². The van der Waals surface area contributed by atoms with Crippen molar-refractivity contribution >= 4 is 8.53 Å². The Morgan fingerprint density at radius 2 is 1.91 bits per heavy atom. The molecule has 1 unspecified atom stereocenters. The second kappa shape index (κ2) is 6.46. The lowest BCUT2D eigenvalue weighted by atomic mass is 10.5. The molecular weight excluding hydrogens is 163 g/mol. The van der Waals surface area contributed by atoms with E-state index in [0.29, 0.717) is 13.1 Å². The van der Waals surface area contributed by atoms with Gasteiger partial charge in [0.25, 0.3) is 8.53 Å². The monoisotopic (exact) mass is 176 g/mol. The van der Waals surface area contributed by atoms with Gasteiger partial charge < -0.3 is 4.89 Å². The standard InChI is InChI=1S/C6H13N2O2P/c1-3-5-8(6-4-2)10-11(7)9/h3-4,9H,1-2,5-7H2. The van der Waals surface area contributed by atoms with E-state index in [4.69, 9.17) is 15.0 Å². The van der Waals surface area contributed by atoms with E-state index in [-0.39, 0.29) is 0 Å². The van der Waals surface area contributed by atoms with Crippen LogP contribution in [0.25, 0.3) is 0 Å². The zero-order chi connectivity index (χ0) is 8.69. The first kappa shape index (κ1) is 10.8. The summed E-state index contributed by atoms with van der Waals surface area (Å²) in [6.07, 6.45) is 3.31. The predicted molar refractivity (Wildman–Crippen MR) is 46.4 cm³/mol. The summed E-state index contributed by atoms with van der Waals surface area (Å²) in [5.74, 6) is 0. The van der Waals surface area contributed by atoms with Crippen LogP contribution in [0.15, 0.2) is 25.3 Å². The Labute approximate surface area is 67.9 Å². The SMILES string of the molecule is C=CCN(CC=C)OP(N)O. The fraction of sp³-hybridized carbons (Fsp3) is 0.333. The number of nitrogens with two attached hydrogens (primary N) is 1. The van der Waals surface area contributed by atoms with Gasteiger partial charge in [-0.05, 0) is 0 Å². The molecule has 0 aliphatic rings. The molecule has 0 aromatic carbocycles. The van der Waals surface area contributed by atoms with Crippen molar-refractivity contribution in [3.8, 4) is 0 Å². The van der Waals surface area contributed by atoms with Crippen molar-refractivity contribution < 1.29 is 9.52 Å².